The van der Waals surface area contributed by atoms with E-state index in [1.807, 2.05) is 68.4 Å². The van der Waals surface area contributed by atoms with Crippen LogP contribution in [0.1, 0.15) is 58.5 Å². The molecule has 9 heteroatoms. The number of halogens is 1. The van der Waals surface area contributed by atoms with Gasteiger partial charge in [0.05, 0.1) is 24.4 Å². The lowest BCUT2D eigenvalue weighted by Gasteiger charge is -2.33. The number of aromatic nitrogens is 2. The predicted molar refractivity (Wildman–Crippen MR) is 145 cm³/mol. The monoisotopic (exact) mass is 568 g/mol. The van der Waals surface area contributed by atoms with Crippen LogP contribution in [0.4, 0.5) is 0 Å². The molecule has 37 heavy (non-hydrogen) atoms. The number of benzene rings is 2. The van der Waals surface area contributed by atoms with E-state index < -0.39 is 18.2 Å². The Hall–Kier alpha value is -2.85. The van der Waals surface area contributed by atoms with Crippen LogP contribution in [-0.4, -0.2) is 68.8 Å². The molecule has 0 aliphatic heterocycles. The lowest BCUT2D eigenvalue weighted by molar-refractivity contribution is 0.0302. The first-order valence-corrected chi connectivity index (χ1v) is 13.2. The first kappa shape index (κ1) is 27.2. The highest BCUT2D eigenvalue weighted by Gasteiger charge is 2.37. The lowest BCUT2D eigenvalue weighted by Crippen LogP contribution is -2.42. The first-order valence-electron chi connectivity index (χ1n) is 12.5. The van der Waals surface area contributed by atoms with E-state index in [1.165, 1.54) is 0 Å². The minimum Gasteiger partial charge on any atom is -0.390 e. The van der Waals surface area contributed by atoms with E-state index in [9.17, 15) is 19.8 Å². The Bertz CT molecular complexity index is 1290. The number of nitrogens with zero attached hydrogens (tertiary/aromatic N) is 4. The summed E-state index contributed by atoms with van der Waals surface area (Å²) in [5.74, 6) is 0.246. The fourth-order valence-corrected chi connectivity index (χ4v) is 5.01. The van der Waals surface area contributed by atoms with Crippen molar-refractivity contribution in [3.05, 3.63) is 97.6 Å². The van der Waals surface area contributed by atoms with E-state index in [2.05, 4.69) is 15.9 Å². The van der Waals surface area contributed by atoms with Crippen molar-refractivity contribution in [2.24, 2.45) is 0 Å². The summed E-state index contributed by atoms with van der Waals surface area (Å²) in [6.07, 6.45) is -1.75. The van der Waals surface area contributed by atoms with Gasteiger partial charge in [-0.3, -0.25) is 14.2 Å². The molecular formula is C28H33BrN4O4. The number of aliphatic hydroxyl groups is 2. The molecule has 0 bridgehead atoms. The van der Waals surface area contributed by atoms with E-state index in [0.29, 0.717) is 36.5 Å². The summed E-state index contributed by atoms with van der Waals surface area (Å²) in [5.41, 5.74) is 1.70. The fraction of sp³-hybridized carbons (Fsp3) is 0.393. The van der Waals surface area contributed by atoms with Crippen molar-refractivity contribution >= 4 is 21.8 Å². The number of rotatable bonds is 9. The van der Waals surface area contributed by atoms with Crippen molar-refractivity contribution in [3.63, 3.8) is 0 Å². The zero-order chi connectivity index (χ0) is 26.7. The van der Waals surface area contributed by atoms with Crippen LogP contribution in [0.15, 0.2) is 63.9 Å². The Morgan fingerprint density at radius 3 is 2.41 bits per heavy atom. The van der Waals surface area contributed by atoms with Gasteiger partial charge in [0, 0.05) is 35.1 Å². The van der Waals surface area contributed by atoms with Gasteiger partial charge < -0.3 is 20.0 Å². The predicted octanol–water partition coefficient (Wildman–Crippen LogP) is 3.16. The van der Waals surface area contributed by atoms with Gasteiger partial charge in [0.1, 0.15) is 11.9 Å². The summed E-state index contributed by atoms with van der Waals surface area (Å²) in [5, 5.41) is 20.9. The molecule has 1 aromatic heterocycles. The van der Waals surface area contributed by atoms with Gasteiger partial charge in [-0.05, 0) is 50.3 Å². The Morgan fingerprint density at radius 1 is 1.11 bits per heavy atom. The number of hydrogen-bond acceptors (Lipinski definition) is 6. The third kappa shape index (κ3) is 5.85. The molecule has 2 aromatic carbocycles. The summed E-state index contributed by atoms with van der Waals surface area (Å²) in [6, 6.07) is 16.3. The summed E-state index contributed by atoms with van der Waals surface area (Å²) >= 11 is 3.42. The Balaban J connectivity index is 1.86. The number of fused-ring (bicyclic) bond motifs is 1. The number of likely N-dealkylation sites (N-methyl/N-ethyl adjacent to an activating group) is 1. The normalized spacial score (nSPS) is 17.6. The van der Waals surface area contributed by atoms with Gasteiger partial charge in [0.25, 0.3) is 11.5 Å². The highest BCUT2D eigenvalue weighted by atomic mass is 79.9. The number of carbonyl (C=O) groups excluding carboxylic acids is 1. The van der Waals surface area contributed by atoms with Crippen molar-refractivity contribution in [1.29, 1.82) is 0 Å². The van der Waals surface area contributed by atoms with Crippen LogP contribution in [0.5, 0.6) is 0 Å². The van der Waals surface area contributed by atoms with Gasteiger partial charge in [-0.25, -0.2) is 4.98 Å². The number of aliphatic hydroxyl groups excluding tert-OH is 2. The van der Waals surface area contributed by atoms with E-state index in [0.717, 1.165) is 10.0 Å². The lowest BCUT2D eigenvalue weighted by atomic mass is 10.1. The summed E-state index contributed by atoms with van der Waals surface area (Å²) in [4.78, 5) is 36.1. The second-order valence-corrected chi connectivity index (χ2v) is 10.6. The molecule has 0 saturated heterocycles. The standard InChI is InChI=1S/C28H33BrN4O4/c1-4-22(32(15-14-31(2)3)27(36)19-10-12-20(29)13-11-19)26-30-24-21(16-23(34)25(24)35)28(37)33(26)17-18-8-6-5-7-9-18/h5-13,22-23,25,34-35H,4,14-17H2,1-3H3. The van der Waals surface area contributed by atoms with Crippen LogP contribution in [0.25, 0.3) is 0 Å². The highest BCUT2D eigenvalue weighted by Crippen LogP contribution is 2.32. The molecular weight excluding hydrogens is 536 g/mol. The van der Waals surface area contributed by atoms with Crippen molar-refractivity contribution in [1.82, 2.24) is 19.4 Å². The van der Waals surface area contributed by atoms with Crippen LogP contribution in [0.2, 0.25) is 0 Å². The van der Waals surface area contributed by atoms with Gasteiger partial charge in [0.15, 0.2) is 0 Å². The first-order chi connectivity index (χ1) is 17.7. The molecule has 0 saturated carbocycles. The second kappa shape index (κ2) is 11.7. The van der Waals surface area contributed by atoms with Gasteiger partial charge in [-0.2, -0.15) is 0 Å². The molecule has 3 atom stereocenters. The average Bonchev–Trinajstić information content (AvgIpc) is 3.17. The zero-order valence-electron chi connectivity index (χ0n) is 21.3. The van der Waals surface area contributed by atoms with Crippen LogP contribution >= 0.6 is 15.9 Å². The minimum absolute atomic E-state index is 0.0519. The molecule has 1 aliphatic carbocycles. The second-order valence-electron chi connectivity index (χ2n) is 9.66. The van der Waals surface area contributed by atoms with Crippen molar-refractivity contribution in [2.75, 3.05) is 27.2 Å². The van der Waals surface area contributed by atoms with Crippen LogP contribution in [0.3, 0.4) is 0 Å². The van der Waals surface area contributed by atoms with Gasteiger partial charge in [0.2, 0.25) is 0 Å². The maximum absolute atomic E-state index is 13.8. The SMILES string of the molecule is CCC(c1nc2c(c(=O)n1Cc1ccccc1)CC(O)C2O)N(CCN(C)C)C(=O)c1ccc(Br)cc1. The molecule has 196 valence electrons. The van der Waals surface area contributed by atoms with E-state index in [-0.39, 0.29) is 30.1 Å². The number of amides is 1. The number of hydrogen-bond donors (Lipinski definition) is 2. The summed E-state index contributed by atoms with van der Waals surface area (Å²) < 4.78 is 2.48. The fourth-order valence-electron chi connectivity index (χ4n) is 4.75. The van der Waals surface area contributed by atoms with E-state index in [4.69, 9.17) is 4.98 Å². The molecule has 2 N–H and O–H groups in total. The van der Waals surface area contributed by atoms with Gasteiger partial charge >= 0.3 is 0 Å². The minimum atomic E-state index is -1.23. The zero-order valence-corrected chi connectivity index (χ0v) is 22.9. The Morgan fingerprint density at radius 2 is 1.78 bits per heavy atom. The molecule has 3 aromatic rings. The maximum Gasteiger partial charge on any atom is 0.257 e. The topological polar surface area (TPSA) is 98.9 Å². The molecule has 1 amide bonds. The van der Waals surface area contributed by atoms with E-state index >= 15 is 0 Å². The van der Waals surface area contributed by atoms with Crippen molar-refractivity contribution in [3.8, 4) is 0 Å². The van der Waals surface area contributed by atoms with Crippen LogP contribution < -0.4 is 5.56 Å². The van der Waals surface area contributed by atoms with Gasteiger partial charge in [-0.15, -0.1) is 0 Å². The maximum atomic E-state index is 13.8. The van der Waals surface area contributed by atoms with E-state index in [1.54, 1.807) is 21.6 Å². The molecule has 0 fully saturated rings. The largest absolute Gasteiger partial charge is 0.390 e. The van der Waals surface area contributed by atoms with Crippen molar-refractivity contribution < 1.29 is 15.0 Å². The molecule has 1 aliphatic rings. The molecule has 0 spiro atoms. The molecule has 0 radical (unpaired) electrons. The smallest absolute Gasteiger partial charge is 0.257 e. The van der Waals surface area contributed by atoms with Crippen LogP contribution in [0, 0.1) is 0 Å². The number of carbonyl (C=O) groups is 1. The summed E-state index contributed by atoms with van der Waals surface area (Å²) in [6.45, 7) is 3.27. The van der Waals surface area contributed by atoms with Crippen LogP contribution in [-0.2, 0) is 13.0 Å². The average molecular weight is 570 g/mol. The quantitative estimate of drug-likeness (QED) is 0.411. The molecule has 1 heterocycles. The molecule has 8 nitrogen and oxygen atoms in total. The third-order valence-corrected chi connectivity index (χ3v) is 7.30. The summed E-state index contributed by atoms with van der Waals surface area (Å²) in [7, 11) is 3.89. The molecule has 4 rings (SSSR count). The highest BCUT2D eigenvalue weighted by molar-refractivity contribution is 9.10. The van der Waals surface area contributed by atoms with Crippen molar-refractivity contribution in [2.45, 2.75) is 44.6 Å². The Kier molecular flexibility index (Phi) is 8.59. The third-order valence-electron chi connectivity index (χ3n) is 6.77. The van der Waals surface area contributed by atoms with Gasteiger partial charge in [-0.1, -0.05) is 53.2 Å². The Labute approximate surface area is 225 Å². The molecule has 3 unspecified atom stereocenters.